The lowest BCUT2D eigenvalue weighted by Crippen LogP contribution is -2.14. The molecule has 1 heterocycles. The monoisotopic (exact) mass is 403 g/mol. The van der Waals surface area contributed by atoms with Crippen LogP contribution in [0.4, 0.5) is 17.1 Å². The second kappa shape index (κ2) is 8.24. The molecule has 4 rings (SSSR count). The minimum Gasteiger partial charge on any atom is -0.493 e. The molecule has 30 heavy (non-hydrogen) atoms. The number of nitro benzene ring substituents is 1. The Balaban J connectivity index is 1.79. The lowest BCUT2D eigenvalue weighted by Gasteiger charge is -2.20. The van der Waals surface area contributed by atoms with Crippen molar-refractivity contribution in [2.75, 3.05) is 19.5 Å². The molecular weight excluding hydrogens is 382 g/mol. The van der Waals surface area contributed by atoms with Crippen molar-refractivity contribution in [3.63, 3.8) is 0 Å². The zero-order valence-electron chi connectivity index (χ0n) is 16.7. The van der Waals surface area contributed by atoms with Gasteiger partial charge in [0.2, 0.25) is 0 Å². The minimum absolute atomic E-state index is 0.0448. The fraction of sp³-hybridized carbons (Fsp3) is 0.174. The number of hydrogen-bond acceptors (Lipinski definition) is 6. The number of para-hydroxylation sites is 2. The van der Waals surface area contributed by atoms with Crippen LogP contribution in [0.3, 0.4) is 0 Å². The predicted molar refractivity (Wildman–Crippen MR) is 116 cm³/mol. The normalized spacial score (nSPS) is 15.3. The molecule has 7 heteroatoms. The van der Waals surface area contributed by atoms with Gasteiger partial charge in [-0.2, -0.15) is 0 Å². The number of non-ortho nitro benzene ring substituents is 1. The van der Waals surface area contributed by atoms with E-state index in [0.717, 1.165) is 28.2 Å². The van der Waals surface area contributed by atoms with Crippen molar-refractivity contribution in [1.29, 1.82) is 0 Å². The summed E-state index contributed by atoms with van der Waals surface area (Å²) in [7, 11) is 3.21. The highest BCUT2D eigenvalue weighted by atomic mass is 16.6. The van der Waals surface area contributed by atoms with E-state index in [1.54, 1.807) is 26.4 Å². The van der Waals surface area contributed by atoms with Gasteiger partial charge >= 0.3 is 0 Å². The molecule has 0 aromatic heterocycles. The minimum atomic E-state index is -0.390. The van der Waals surface area contributed by atoms with Crippen molar-refractivity contribution < 1.29 is 14.4 Å². The number of aliphatic imine (C=N–C) groups is 1. The summed E-state index contributed by atoms with van der Waals surface area (Å²) < 4.78 is 10.8. The summed E-state index contributed by atoms with van der Waals surface area (Å²) in [5.41, 5.74) is 4.25. The number of benzene rings is 3. The average molecular weight is 403 g/mol. The van der Waals surface area contributed by atoms with E-state index < -0.39 is 4.92 Å². The molecule has 1 aliphatic rings. The van der Waals surface area contributed by atoms with E-state index in [1.807, 2.05) is 48.5 Å². The quantitative estimate of drug-likeness (QED) is 0.462. The van der Waals surface area contributed by atoms with Gasteiger partial charge in [0.05, 0.1) is 42.3 Å². The molecule has 0 bridgehead atoms. The first-order chi connectivity index (χ1) is 14.6. The van der Waals surface area contributed by atoms with E-state index >= 15 is 0 Å². The summed E-state index contributed by atoms with van der Waals surface area (Å²) >= 11 is 0. The van der Waals surface area contributed by atoms with E-state index in [-0.39, 0.29) is 11.7 Å². The number of ether oxygens (including phenoxy) is 2. The topological polar surface area (TPSA) is 86.0 Å². The Labute approximate surface area is 174 Å². The van der Waals surface area contributed by atoms with Crippen molar-refractivity contribution in [2.45, 2.75) is 12.5 Å². The van der Waals surface area contributed by atoms with E-state index in [4.69, 9.17) is 14.5 Å². The third-order valence-corrected chi connectivity index (χ3v) is 5.09. The van der Waals surface area contributed by atoms with Crippen molar-refractivity contribution in [2.24, 2.45) is 4.99 Å². The SMILES string of the molecule is COc1ccc(C2CC(c3cccc([N+](=O)[O-])c3)=Nc3ccccc3N2)cc1OC. The van der Waals surface area contributed by atoms with Crippen LogP contribution in [-0.4, -0.2) is 24.9 Å². The molecule has 1 unspecified atom stereocenters. The molecule has 0 aliphatic carbocycles. The van der Waals surface area contributed by atoms with Crippen molar-refractivity contribution in [3.05, 3.63) is 88.0 Å². The number of anilines is 1. The average Bonchev–Trinajstić information content (AvgIpc) is 2.98. The number of nitro groups is 1. The van der Waals surface area contributed by atoms with Gasteiger partial charge in [-0.3, -0.25) is 15.1 Å². The molecule has 0 saturated heterocycles. The Bertz CT molecular complexity index is 1130. The van der Waals surface area contributed by atoms with Crippen molar-refractivity contribution in [3.8, 4) is 11.5 Å². The standard InChI is InChI=1S/C23H21N3O4/c1-29-22-11-10-16(13-23(22)30-2)21-14-20(15-6-5-7-17(12-15)26(27)28)24-18-8-3-4-9-19(18)25-21/h3-13,21,25H,14H2,1-2H3. The zero-order chi connectivity index (χ0) is 21.1. The van der Waals surface area contributed by atoms with Gasteiger partial charge in [-0.15, -0.1) is 0 Å². The summed E-state index contributed by atoms with van der Waals surface area (Å²) in [6.45, 7) is 0. The molecule has 152 valence electrons. The molecule has 3 aromatic rings. The molecule has 0 radical (unpaired) electrons. The lowest BCUT2D eigenvalue weighted by molar-refractivity contribution is -0.384. The Morgan fingerprint density at radius 3 is 2.57 bits per heavy atom. The molecule has 7 nitrogen and oxygen atoms in total. The summed E-state index contributed by atoms with van der Waals surface area (Å²) in [5.74, 6) is 1.30. The van der Waals surface area contributed by atoms with Crippen molar-refractivity contribution >= 4 is 22.8 Å². The molecule has 1 N–H and O–H groups in total. The van der Waals surface area contributed by atoms with E-state index in [9.17, 15) is 10.1 Å². The second-order valence-corrected chi connectivity index (χ2v) is 6.90. The van der Waals surface area contributed by atoms with Gasteiger partial charge in [0.15, 0.2) is 11.5 Å². The van der Waals surface area contributed by atoms with Gasteiger partial charge in [-0.1, -0.05) is 30.3 Å². The van der Waals surface area contributed by atoms with Crippen LogP contribution in [0.25, 0.3) is 0 Å². The van der Waals surface area contributed by atoms with E-state index in [1.165, 1.54) is 6.07 Å². The van der Waals surface area contributed by atoms with Crippen LogP contribution in [-0.2, 0) is 0 Å². The van der Waals surface area contributed by atoms with Gasteiger partial charge in [0, 0.05) is 24.1 Å². The van der Waals surface area contributed by atoms with Crippen LogP contribution < -0.4 is 14.8 Å². The maximum Gasteiger partial charge on any atom is 0.270 e. The Hall–Kier alpha value is -3.87. The van der Waals surface area contributed by atoms with Crippen LogP contribution in [0.5, 0.6) is 11.5 Å². The van der Waals surface area contributed by atoms with Gasteiger partial charge < -0.3 is 14.8 Å². The first kappa shape index (κ1) is 19.4. The second-order valence-electron chi connectivity index (χ2n) is 6.90. The maximum atomic E-state index is 11.2. The highest BCUT2D eigenvalue weighted by molar-refractivity contribution is 6.04. The molecule has 1 aliphatic heterocycles. The number of fused-ring (bicyclic) bond motifs is 1. The molecule has 0 saturated carbocycles. The number of methoxy groups -OCH3 is 2. The highest BCUT2D eigenvalue weighted by Gasteiger charge is 2.23. The van der Waals surface area contributed by atoms with Gasteiger partial charge in [0.25, 0.3) is 5.69 Å². The number of nitrogens with zero attached hydrogens (tertiary/aromatic N) is 2. The Morgan fingerprint density at radius 1 is 1.00 bits per heavy atom. The predicted octanol–water partition coefficient (Wildman–Crippen LogP) is 5.29. The van der Waals surface area contributed by atoms with E-state index in [0.29, 0.717) is 17.9 Å². The van der Waals surface area contributed by atoms with Crippen LogP contribution >= 0.6 is 0 Å². The van der Waals surface area contributed by atoms with Crippen LogP contribution in [0.15, 0.2) is 71.7 Å². The third kappa shape index (κ3) is 3.82. The highest BCUT2D eigenvalue weighted by Crippen LogP contribution is 2.38. The summed E-state index contributed by atoms with van der Waals surface area (Å²) in [6.07, 6.45) is 0.547. The fourth-order valence-electron chi connectivity index (χ4n) is 3.57. The molecule has 1 atom stereocenters. The molecule has 0 amide bonds. The third-order valence-electron chi connectivity index (χ3n) is 5.09. The lowest BCUT2D eigenvalue weighted by atomic mass is 9.96. The number of rotatable bonds is 5. The zero-order valence-corrected chi connectivity index (χ0v) is 16.7. The van der Waals surface area contributed by atoms with Gasteiger partial charge in [0.1, 0.15) is 0 Å². The van der Waals surface area contributed by atoms with Crippen LogP contribution in [0, 0.1) is 10.1 Å². The fourth-order valence-corrected chi connectivity index (χ4v) is 3.57. The number of hydrogen-bond donors (Lipinski definition) is 1. The smallest absolute Gasteiger partial charge is 0.270 e. The first-order valence-electron chi connectivity index (χ1n) is 9.49. The summed E-state index contributed by atoms with van der Waals surface area (Å²) in [5, 5.41) is 14.8. The van der Waals surface area contributed by atoms with Crippen LogP contribution in [0.1, 0.15) is 23.6 Å². The molecule has 0 fully saturated rings. The molecule has 0 spiro atoms. The maximum absolute atomic E-state index is 11.2. The largest absolute Gasteiger partial charge is 0.493 e. The van der Waals surface area contributed by atoms with E-state index in [2.05, 4.69) is 5.32 Å². The summed E-state index contributed by atoms with van der Waals surface area (Å²) in [6, 6.07) is 20.1. The number of nitrogens with one attached hydrogen (secondary N) is 1. The van der Waals surface area contributed by atoms with Crippen LogP contribution in [0.2, 0.25) is 0 Å². The Morgan fingerprint density at radius 2 is 1.80 bits per heavy atom. The van der Waals surface area contributed by atoms with Gasteiger partial charge in [-0.05, 0) is 29.8 Å². The first-order valence-corrected chi connectivity index (χ1v) is 9.49. The Kier molecular flexibility index (Phi) is 5.34. The molecular formula is C23H21N3O4. The summed E-state index contributed by atoms with van der Waals surface area (Å²) in [4.78, 5) is 15.7. The molecule has 3 aromatic carbocycles. The van der Waals surface area contributed by atoms with Gasteiger partial charge in [-0.25, -0.2) is 0 Å². The van der Waals surface area contributed by atoms with Crippen molar-refractivity contribution in [1.82, 2.24) is 0 Å².